The molecule has 0 bridgehead atoms. The molecular weight excluding hydrogens is 154 g/mol. The van der Waals surface area contributed by atoms with Crippen molar-refractivity contribution >= 4 is 5.97 Å². The molecule has 0 amide bonds. The molecule has 12 heavy (non-hydrogen) atoms. The Morgan fingerprint density at radius 3 is 2.92 bits per heavy atom. The van der Waals surface area contributed by atoms with Crippen molar-refractivity contribution in [3.63, 3.8) is 0 Å². The minimum atomic E-state index is -0.667. The third kappa shape index (κ3) is 3.72. The van der Waals surface area contributed by atoms with Gasteiger partial charge in [0.05, 0.1) is 0 Å². The smallest absolute Gasteiger partial charge is 0.303 e. The van der Waals surface area contributed by atoms with Crippen LogP contribution in [0.4, 0.5) is 0 Å². The zero-order valence-corrected chi connectivity index (χ0v) is 7.38. The summed E-state index contributed by atoms with van der Waals surface area (Å²) in [6.07, 6.45) is 4.71. The fourth-order valence-corrected chi connectivity index (χ4v) is 1.67. The van der Waals surface area contributed by atoms with E-state index in [0.717, 1.165) is 31.8 Å². The summed E-state index contributed by atoms with van der Waals surface area (Å²) >= 11 is 0. The summed E-state index contributed by atoms with van der Waals surface area (Å²) in [5, 5.41) is 11.7. The van der Waals surface area contributed by atoms with Gasteiger partial charge in [0.25, 0.3) is 0 Å². The third-order valence-electron chi connectivity index (χ3n) is 2.42. The van der Waals surface area contributed by atoms with E-state index < -0.39 is 5.97 Å². The number of hydrogen-bond donors (Lipinski definition) is 2. The maximum Gasteiger partial charge on any atom is 0.303 e. The number of unbranched alkanes of at least 4 members (excludes halogenated alkanes) is 1. The maximum atomic E-state index is 10.2. The number of rotatable bonds is 5. The molecule has 1 atom stereocenters. The highest BCUT2D eigenvalue weighted by Crippen LogP contribution is 2.15. The number of carboxylic acid groups (broad SMARTS) is 1. The van der Waals surface area contributed by atoms with Crippen molar-refractivity contribution in [2.45, 2.75) is 32.1 Å². The van der Waals surface area contributed by atoms with Gasteiger partial charge in [-0.1, -0.05) is 6.42 Å². The molecular formula is C9H17NO2. The molecule has 1 fully saturated rings. The zero-order valence-electron chi connectivity index (χ0n) is 7.38. The molecule has 1 unspecified atom stereocenters. The predicted molar refractivity (Wildman–Crippen MR) is 47.1 cm³/mol. The monoisotopic (exact) mass is 171 g/mol. The number of aliphatic carboxylic acids is 1. The van der Waals surface area contributed by atoms with Gasteiger partial charge in [-0.05, 0) is 38.3 Å². The van der Waals surface area contributed by atoms with Gasteiger partial charge in [0.1, 0.15) is 0 Å². The highest BCUT2D eigenvalue weighted by atomic mass is 16.4. The Hall–Kier alpha value is -0.570. The van der Waals surface area contributed by atoms with Crippen molar-refractivity contribution in [3.8, 4) is 0 Å². The number of nitrogens with one attached hydrogen (secondary N) is 1. The van der Waals surface area contributed by atoms with Crippen LogP contribution in [0.5, 0.6) is 0 Å². The van der Waals surface area contributed by atoms with Crippen LogP contribution in [0, 0.1) is 5.92 Å². The van der Waals surface area contributed by atoms with Gasteiger partial charge in [-0.2, -0.15) is 0 Å². The first kappa shape index (κ1) is 9.52. The molecule has 0 saturated carbocycles. The average Bonchev–Trinajstić information content (AvgIpc) is 2.49. The molecule has 1 heterocycles. The van der Waals surface area contributed by atoms with E-state index in [1.54, 1.807) is 0 Å². The fraction of sp³-hybridized carbons (Fsp3) is 0.889. The molecule has 70 valence electrons. The minimum absolute atomic E-state index is 0.333. The van der Waals surface area contributed by atoms with Crippen molar-refractivity contribution in [1.29, 1.82) is 0 Å². The lowest BCUT2D eigenvalue weighted by Gasteiger charge is -2.05. The predicted octanol–water partition coefficient (Wildman–Crippen LogP) is 1.24. The van der Waals surface area contributed by atoms with Gasteiger partial charge in [-0.25, -0.2) is 0 Å². The molecule has 3 heteroatoms. The highest BCUT2D eigenvalue weighted by Gasteiger charge is 2.13. The Bertz CT molecular complexity index is 141. The van der Waals surface area contributed by atoms with E-state index in [-0.39, 0.29) is 0 Å². The van der Waals surface area contributed by atoms with E-state index >= 15 is 0 Å². The van der Waals surface area contributed by atoms with Gasteiger partial charge in [-0.3, -0.25) is 4.79 Å². The summed E-state index contributed by atoms with van der Waals surface area (Å²) in [5.41, 5.74) is 0. The second kappa shape index (κ2) is 5.14. The SMILES string of the molecule is O=C(O)CCCCC1CCNC1. The first-order valence-electron chi connectivity index (χ1n) is 4.71. The number of carbonyl (C=O) groups is 1. The van der Waals surface area contributed by atoms with Crippen LogP contribution in [-0.2, 0) is 4.79 Å². The molecule has 2 N–H and O–H groups in total. The van der Waals surface area contributed by atoms with Crippen molar-refractivity contribution in [3.05, 3.63) is 0 Å². The van der Waals surface area contributed by atoms with Crippen LogP contribution < -0.4 is 5.32 Å². The van der Waals surface area contributed by atoms with E-state index in [0.29, 0.717) is 6.42 Å². The molecule has 1 rings (SSSR count). The maximum absolute atomic E-state index is 10.2. The van der Waals surface area contributed by atoms with Crippen LogP contribution in [-0.4, -0.2) is 24.2 Å². The van der Waals surface area contributed by atoms with Crippen LogP contribution >= 0.6 is 0 Å². The van der Waals surface area contributed by atoms with E-state index in [1.165, 1.54) is 12.8 Å². The molecule has 0 radical (unpaired) electrons. The van der Waals surface area contributed by atoms with Crippen LogP contribution in [0.3, 0.4) is 0 Å². The summed E-state index contributed by atoms with van der Waals surface area (Å²) in [6, 6.07) is 0. The van der Waals surface area contributed by atoms with Gasteiger partial charge in [-0.15, -0.1) is 0 Å². The first-order valence-corrected chi connectivity index (χ1v) is 4.71. The molecule has 1 aliphatic heterocycles. The molecule has 0 spiro atoms. The molecule has 0 aromatic carbocycles. The quantitative estimate of drug-likeness (QED) is 0.612. The minimum Gasteiger partial charge on any atom is -0.481 e. The zero-order chi connectivity index (χ0) is 8.81. The van der Waals surface area contributed by atoms with E-state index in [4.69, 9.17) is 5.11 Å². The number of hydrogen-bond acceptors (Lipinski definition) is 2. The molecule has 3 nitrogen and oxygen atoms in total. The molecule has 1 aliphatic rings. The molecule has 0 aliphatic carbocycles. The molecule has 1 saturated heterocycles. The van der Waals surface area contributed by atoms with Crippen molar-refractivity contribution in [2.24, 2.45) is 5.92 Å². The van der Waals surface area contributed by atoms with Crippen molar-refractivity contribution in [2.75, 3.05) is 13.1 Å². The lowest BCUT2D eigenvalue weighted by Crippen LogP contribution is -2.08. The Kier molecular flexibility index (Phi) is 4.08. The molecule has 0 aromatic heterocycles. The summed E-state index contributed by atoms with van der Waals surface area (Å²) in [4.78, 5) is 10.2. The topological polar surface area (TPSA) is 49.3 Å². The lowest BCUT2D eigenvalue weighted by molar-refractivity contribution is -0.137. The van der Waals surface area contributed by atoms with E-state index in [2.05, 4.69) is 5.32 Å². The summed E-state index contributed by atoms with van der Waals surface area (Å²) in [6.45, 7) is 2.27. The lowest BCUT2D eigenvalue weighted by atomic mass is 10.0. The average molecular weight is 171 g/mol. The van der Waals surface area contributed by atoms with E-state index in [9.17, 15) is 4.79 Å². The van der Waals surface area contributed by atoms with Crippen LogP contribution in [0.15, 0.2) is 0 Å². The van der Waals surface area contributed by atoms with Crippen molar-refractivity contribution in [1.82, 2.24) is 5.32 Å². The Labute approximate surface area is 73.2 Å². The van der Waals surface area contributed by atoms with Gasteiger partial charge in [0.2, 0.25) is 0 Å². The number of carboxylic acids is 1. The Morgan fingerprint density at radius 1 is 1.50 bits per heavy atom. The summed E-state index contributed by atoms with van der Waals surface area (Å²) < 4.78 is 0. The van der Waals surface area contributed by atoms with Gasteiger partial charge in [0, 0.05) is 6.42 Å². The second-order valence-corrected chi connectivity index (χ2v) is 3.50. The first-order chi connectivity index (χ1) is 5.79. The summed E-state index contributed by atoms with van der Waals surface area (Å²) in [5.74, 6) is 0.137. The van der Waals surface area contributed by atoms with Crippen LogP contribution in [0.1, 0.15) is 32.1 Å². The van der Waals surface area contributed by atoms with E-state index in [1.807, 2.05) is 0 Å². The largest absolute Gasteiger partial charge is 0.481 e. The summed E-state index contributed by atoms with van der Waals surface area (Å²) in [7, 11) is 0. The molecule has 0 aromatic rings. The highest BCUT2D eigenvalue weighted by molar-refractivity contribution is 5.66. The van der Waals surface area contributed by atoms with Crippen LogP contribution in [0.25, 0.3) is 0 Å². The Morgan fingerprint density at radius 2 is 2.33 bits per heavy atom. The normalized spacial score (nSPS) is 22.8. The van der Waals surface area contributed by atoms with Crippen molar-refractivity contribution < 1.29 is 9.90 Å². The standard InChI is InChI=1S/C9H17NO2/c11-9(12)4-2-1-3-8-5-6-10-7-8/h8,10H,1-7H2,(H,11,12). The van der Waals surface area contributed by atoms with Gasteiger partial charge in [0.15, 0.2) is 0 Å². The third-order valence-corrected chi connectivity index (χ3v) is 2.42. The van der Waals surface area contributed by atoms with Crippen LogP contribution in [0.2, 0.25) is 0 Å². The van der Waals surface area contributed by atoms with Gasteiger partial charge < -0.3 is 10.4 Å². The second-order valence-electron chi connectivity index (χ2n) is 3.50. The fourth-order valence-electron chi connectivity index (χ4n) is 1.67. The van der Waals surface area contributed by atoms with Gasteiger partial charge >= 0.3 is 5.97 Å². The Balaban J connectivity index is 1.91.